The normalized spacial score (nSPS) is 34.0. The second-order valence-corrected chi connectivity index (χ2v) is 8.95. The minimum absolute atomic E-state index is 0.0785. The van der Waals surface area contributed by atoms with Gasteiger partial charge in [0.2, 0.25) is 0 Å². The number of carbonyl (C=O) groups is 1. The number of aliphatic hydroxyl groups excluding tert-OH is 3. The van der Waals surface area contributed by atoms with Gasteiger partial charge in [-0.2, -0.15) is 13.2 Å². The number of halogens is 3. The molecular formula is C25H31F3O5. The van der Waals surface area contributed by atoms with Gasteiger partial charge in [0.25, 0.3) is 0 Å². The van der Waals surface area contributed by atoms with Gasteiger partial charge in [0.15, 0.2) is 0 Å². The van der Waals surface area contributed by atoms with E-state index in [9.17, 15) is 33.3 Å². The first-order chi connectivity index (χ1) is 15.6. The van der Waals surface area contributed by atoms with Crippen LogP contribution in [0.25, 0.3) is 0 Å². The number of carbonyl (C=O) groups excluding carboxylic acids is 1. The number of rotatable bonds is 0. The molecule has 33 heavy (non-hydrogen) atoms. The largest absolute Gasteiger partial charge is 0.491 e. The molecule has 5 nitrogen and oxygen atoms in total. The SMILES string of the molecule is C[C@@H]1C(=O)CCC/C=C\C[C@@H]2[C@@H](/C=C/[C@@H](O)COc3cc1cc(C(F)(F)F)c3)[C@H](O)C[C@@H]2O. The van der Waals surface area contributed by atoms with E-state index in [-0.39, 0.29) is 48.4 Å². The number of hydrogen-bond donors (Lipinski definition) is 3. The van der Waals surface area contributed by atoms with E-state index in [4.69, 9.17) is 4.74 Å². The maximum Gasteiger partial charge on any atom is 0.416 e. The van der Waals surface area contributed by atoms with E-state index in [1.54, 1.807) is 13.0 Å². The van der Waals surface area contributed by atoms with Crippen molar-refractivity contribution in [2.45, 2.75) is 69.4 Å². The molecule has 2 bridgehead atoms. The van der Waals surface area contributed by atoms with E-state index in [1.807, 2.05) is 12.2 Å². The minimum Gasteiger partial charge on any atom is -0.491 e. The number of hydrogen-bond acceptors (Lipinski definition) is 5. The molecule has 8 heteroatoms. The Kier molecular flexibility index (Phi) is 8.37. The van der Waals surface area contributed by atoms with Crippen molar-refractivity contribution in [2.24, 2.45) is 11.8 Å². The number of fused-ring (bicyclic) bond motifs is 3. The smallest absolute Gasteiger partial charge is 0.416 e. The van der Waals surface area contributed by atoms with Crippen LogP contribution in [0.4, 0.5) is 13.2 Å². The molecule has 0 radical (unpaired) electrons. The molecule has 1 aromatic rings. The first-order valence-corrected chi connectivity index (χ1v) is 11.3. The Morgan fingerprint density at radius 3 is 2.52 bits per heavy atom. The van der Waals surface area contributed by atoms with Crippen LogP contribution in [0, 0.1) is 11.8 Å². The van der Waals surface area contributed by atoms with Gasteiger partial charge >= 0.3 is 6.18 Å². The molecule has 1 aliphatic carbocycles. The third kappa shape index (κ3) is 6.68. The summed E-state index contributed by atoms with van der Waals surface area (Å²) in [4.78, 5) is 12.6. The van der Waals surface area contributed by atoms with E-state index in [1.165, 1.54) is 12.1 Å². The molecule has 6 atom stereocenters. The van der Waals surface area contributed by atoms with Gasteiger partial charge in [-0.05, 0) is 48.9 Å². The molecular weight excluding hydrogens is 437 g/mol. The second-order valence-electron chi connectivity index (χ2n) is 8.95. The number of Topliss-reactive ketones (excluding diaryl/α,β-unsaturated/α-hetero) is 1. The lowest BCUT2D eigenvalue weighted by Gasteiger charge is -2.20. The van der Waals surface area contributed by atoms with E-state index in [0.29, 0.717) is 19.3 Å². The second kappa shape index (κ2) is 10.8. The Hall–Kier alpha value is -2.16. The molecule has 3 N–H and O–H groups in total. The molecule has 0 unspecified atom stereocenters. The topological polar surface area (TPSA) is 87.0 Å². The molecule has 1 saturated carbocycles. The van der Waals surface area contributed by atoms with Crippen LogP contribution in [-0.4, -0.2) is 46.0 Å². The maximum absolute atomic E-state index is 13.4. The Morgan fingerprint density at radius 2 is 1.79 bits per heavy atom. The quantitative estimate of drug-likeness (QED) is 0.498. The van der Waals surface area contributed by atoms with Crippen LogP contribution in [0.5, 0.6) is 5.75 Å². The van der Waals surface area contributed by atoms with Gasteiger partial charge in [-0.25, -0.2) is 0 Å². The Labute approximate surface area is 191 Å². The highest BCUT2D eigenvalue weighted by atomic mass is 19.4. The van der Waals surface area contributed by atoms with Gasteiger partial charge in [-0.1, -0.05) is 31.2 Å². The van der Waals surface area contributed by atoms with Crippen LogP contribution in [0.1, 0.15) is 56.1 Å². The van der Waals surface area contributed by atoms with Crippen molar-refractivity contribution in [1.29, 1.82) is 0 Å². The van der Waals surface area contributed by atoms with Crippen LogP contribution in [0.2, 0.25) is 0 Å². The minimum atomic E-state index is -4.61. The fourth-order valence-corrected chi connectivity index (χ4v) is 4.49. The van der Waals surface area contributed by atoms with Crippen molar-refractivity contribution >= 4 is 5.78 Å². The summed E-state index contributed by atoms with van der Waals surface area (Å²) >= 11 is 0. The monoisotopic (exact) mass is 468 g/mol. The summed E-state index contributed by atoms with van der Waals surface area (Å²) in [5.74, 6) is -1.54. The summed E-state index contributed by atoms with van der Waals surface area (Å²) in [6.45, 7) is 1.29. The molecule has 1 fully saturated rings. The highest BCUT2D eigenvalue weighted by Gasteiger charge is 2.39. The van der Waals surface area contributed by atoms with Crippen molar-refractivity contribution in [3.05, 3.63) is 53.6 Å². The molecule has 1 aromatic carbocycles. The van der Waals surface area contributed by atoms with E-state index >= 15 is 0 Å². The average molecular weight is 469 g/mol. The van der Waals surface area contributed by atoms with Crippen LogP contribution >= 0.6 is 0 Å². The number of allylic oxidation sites excluding steroid dienone is 2. The number of ketones is 1. The molecule has 0 aromatic heterocycles. The molecule has 0 saturated heterocycles. The predicted octanol–water partition coefficient (Wildman–Crippen LogP) is 4.16. The summed E-state index contributed by atoms with van der Waals surface area (Å²) in [6.07, 6.45) is 1.97. The van der Waals surface area contributed by atoms with Crippen molar-refractivity contribution in [2.75, 3.05) is 6.61 Å². The van der Waals surface area contributed by atoms with Crippen molar-refractivity contribution < 1.29 is 38.0 Å². The Bertz CT molecular complexity index is 879. The zero-order chi connectivity index (χ0) is 24.2. The Balaban J connectivity index is 1.88. The third-order valence-electron chi connectivity index (χ3n) is 6.50. The molecule has 1 heterocycles. The molecule has 0 spiro atoms. The molecule has 182 valence electrons. The highest BCUT2D eigenvalue weighted by Crippen LogP contribution is 2.37. The number of aliphatic hydroxyl groups is 3. The standard InChI is InChI=1S/C25H31F3O5/c1-15-16-10-17(25(26,27)28)12-19(11-16)33-14-18(29)8-9-21-20(23(31)13-24(21)32)6-4-2-3-5-7-22(15)30/h2,4,8-12,15,18,20-21,23-24,29,31-32H,3,5-7,13-14H2,1H3/b4-2-,9-8+/t15-,18+,20+,21+,23-,24+/m0/s1. The molecule has 0 amide bonds. The summed E-state index contributed by atoms with van der Waals surface area (Å²) in [5.41, 5.74) is -0.694. The van der Waals surface area contributed by atoms with Gasteiger partial charge in [0, 0.05) is 24.7 Å². The summed E-state index contributed by atoms with van der Waals surface area (Å²) in [6, 6.07) is 3.23. The molecule has 2 aliphatic rings. The third-order valence-corrected chi connectivity index (χ3v) is 6.50. The van der Waals surface area contributed by atoms with Crippen LogP contribution in [-0.2, 0) is 11.0 Å². The maximum atomic E-state index is 13.4. The van der Waals surface area contributed by atoms with Crippen molar-refractivity contribution in [1.82, 2.24) is 0 Å². The first-order valence-electron chi connectivity index (χ1n) is 11.3. The zero-order valence-corrected chi connectivity index (χ0v) is 18.5. The fraction of sp³-hybridized carbons (Fsp3) is 0.560. The number of alkyl halides is 3. The number of ether oxygens (including phenoxy) is 1. The van der Waals surface area contributed by atoms with E-state index in [2.05, 4.69) is 0 Å². The van der Waals surface area contributed by atoms with Crippen LogP contribution in [0.15, 0.2) is 42.5 Å². The highest BCUT2D eigenvalue weighted by molar-refractivity contribution is 5.85. The van der Waals surface area contributed by atoms with Crippen molar-refractivity contribution in [3.63, 3.8) is 0 Å². The van der Waals surface area contributed by atoms with E-state index in [0.717, 1.165) is 12.1 Å². The fourth-order valence-electron chi connectivity index (χ4n) is 4.49. The first kappa shape index (κ1) is 25.5. The van der Waals surface area contributed by atoms with Gasteiger partial charge in [-0.15, -0.1) is 0 Å². The van der Waals surface area contributed by atoms with Gasteiger partial charge < -0.3 is 20.1 Å². The summed E-state index contributed by atoms with van der Waals surface area (Å²) in [7, 11) is 0. The van der Waals surface area contributed by atoms with E-state index < -0.39 is 36.0 Å². The summed E-state index contributed by atoms with van der Waals surface area (Å²) < 4.78 is 45.7. The predicted molar refractivity (Wildman–Crippen MR) is 117 cm³/mol. The molecule has 3 rings (SSSR count). The van der Waals surface area contributed by atoms with Gasteiger partial charge in [-0.3, -0.25) is 4.79 Å². The van der Waals surface area contributed by atoms with Crippen LogP contribution in [0.3, 0.4) is 0 Å². The van der Waals surface area contributed by atoms with Crippen molar-refractivity contribution in [3.8, 4) is 5.75 Å². The lowest BCUT2D eigenvalue weighted by atomic mass is 9.89. The molecule has 1 aliphatic heterocycles. The van der Waals surface area contributed by atoms with Gasteiger partial charge in [0.05, 0.1) is 17.8 Å². The average Bonchev–Trinajstić information content (AvgIpc) is 3.03. The van der Waals surface area contributed by atoms with Crippen LogP contribution < -0.4 is 4.74 Å². The zero-order valence-electron chi connectivity index (χ0n) is 18.5. The summed E-state index contributed by atoms with van der Waals surface area (Å²) in [5, 5.41) is 30.9. The lowest BCUT2D eigenvalue weighted by molar-refractivity contribution is -0.137. The van der Waals surface area contributed by atoms with Gasteiger partial charge in [0.1, 0.15) is 24.2 Å². The Morgan fingerprint density at radius 1 is 1.03 bits per heavy atom. The number of benzene rings is 1. The lowest BCUT2D eigenvalue weighted by Crippen LogP contribution is -2.21.